The number of rotatable bonds is 3. The third-order valence-electron chi connectivity index (χ3n) is 1.44. The van der Waals surface area contributed by atoms with E-state index in [2.05, 4.69) is 4.98 Å². The summed E-state index contributed by atoms with van der Waals surface area (Å²) in [5.41, 5.74) is 0.217. The van der Waals surface area contributed by atoms with Crippen LogP contribution in [0.1, 0.15) is 12.0 Å². The Kier molecular flexibility index (Phi) is 3.52. The van der Waals surface area contributed by atoms with Crippen molar-refractivity contribution in [3.05, 3.63) is 35.7 Å². The quantitative estimate of drug-likeness (QED) is 0.728. The van der Waals surface area contributed by atoms with E-state index in [1.807, 2.05) is 0 Å². The molecule has 0 amide bonds. The van der Waals surface area contributed by atoms with Gasteiger partial charge in [-0.15, -0.1) is 0 Å². The van der Waals surface area contributed by atoms with E-state index in [0.717, 1.165) is 6.07 Å². The number of hydrogen-bond donors (Lipinski definition) is 1. The minimum atomic E-state index is -0.839. The van der Waals surface area contributed by atoms with Crippen LogP contribution < -0.4 is 0 Å². The summed E-state index contributed by atoms with van der Waals surface area (Å²) < 4.78 is 25.1. The van der Waals surface area contributed by atoms with Crippen LogP contribution in [0.5, 0.6) is 0 Å². The Bertz CT molecular complexity index is 312. The maximum Gasteiger partial charge on any atom is 0.222 e. The Labute approximate surface area is 74.5 Å². The van der Waals surface area contributed by atoms with Crippen LogP contribution in [0.3, 0.4) is 0 Å². The molecule has 2 nitrogen and oxygen atoms in total. The van der Waals surface area contributed by atoms with Gasteiger partial charge in [0, 0.05) is 12.2 Å². The molecule has 0 unspecified atom stereocenters. The molecule has 0 fully saturated rings. The molecule has 0 aliphatic carbocycles. The fourth-order valence-corrected chi connectivity index (χ4v) is 0.832. The van der Waals surface area contributed by atoms with E-state index >= 15 is 0 Å². The highest BCUT2D eigenvalue weighted by atomic mass is 19.1. The van der Waals surface area contributed by atoms with Crippen molar-refractivity contribution in [3.63, 3.8) is 0 Å². The Hall–Kier alpha value is -1.29. The second-order valence-electron chi connectivity index (χ2n) is 2.43. The second-order valence-corrected chi connectivity index (χ2v) is 2.43. The summed E-state index contributed by atoms with van der Waals surface area (Å²) in [5, 5.41) is 8.44. The predicted molar refractivity (Wildman–Crippen MR) is 44.9 cm³/mol. The first kappa shape index (κ1) is 9.80. The molecule has 0 aliphatic heterocycles. The van der Waals surface area contributed by atoms with Crippen molar-refractivity contribution in [1.82, 2.24) is 4.98 Å². The van der Waals surface area contributed by atoms with Crippen LogP contribution in [0.4, 0.5) is 8.78 Å². The van der Waals surface area contributed by atoms with Crippen LogP contribution >= 0.6 is 0 Å². The van der Waals surface area contributed by atoms with Crippen molar-refractivity contribution in [1.29, 1.82) is 0 Å². The molecular formula is C9H9F2NO. The van der Waals surface area contributed by atoms with Gasteiger partial charge in [0.05, 0.1) is 0 Å². The monoisotopic (exact) mass is 185 g/mol. The maximum atomic E-state index is 12.8. The van der Waals surface area contributed by atoms with Crippen molar-refractivity contribution in [2.75, 3.05) is 6.61 Å². The first-order valence-electron chi connectivity index (χ1n) is 3.83. The lowest BCUT2D eigenvalue weighted by Gasteiger charge is -1.94. The van der Waals surface area contributed by atoms with Gasteiger partial charge >= 0.3 is 0 Å². The molecular weight excluding hydrogens is 176 g/mol. The first-order valence-corrected chi connectivity index (χ1v) is 3.83. The molecule has 1 aromatic rings. The summed E-state index contributed by atoms with van der Waals surface area (Å²) in [6.07, 6.45) is 3.49. The van der Waals surface area contributed by atoms with E-state index in [0.29, 0.717) is 6.42 Å². The van der Waals surface area contributed by atoms with Gasteiger partial charge in [0.15, 0.2) is 0 Å². The van der Waals surface area contributed by atoms with Gasteiger partial charge in [-0.3, -0.25) is 0 Å². The van der Waals surface area contributed by atoms with Crippen LogP contribution in [-0.2, 0) is 0 Å². The first-order chi connectivity index (χ1) is 6.24. The standard InChI is InChI=1S/C9H9F2NO/c10-8-5-4-7(9(11)12-8)3-1-2-6-13/h1,3-5,13H,2,6H2. The van der Waals surface area contributed by atoms with Crippen LogP contribution in [0.25, 0.3) is 6.08 Å². The molecule has 1 heterocycles. The van der Waals surface area contributed by atoms with Gasteiger partial charge < -0.3 is 5.11 Å². The van der Waals surface area contributed by atoms with Crippen LogP contribution in [0.2, 0.25) is 0 Å². The molecule has 0 aliphatic rings. The average Bonchev–Trinajstić information content (AvgIpc) is 2.09. The predicted octanol–water partition coefficient (Wildman–Crippen LogP) is 1.76. The number of hydrogen-bond acceptors (Lipinski definition) is 2. The van der Waals surface area contributed by atoms with E-state index in [1.54, 1.807) is 6.08 Å². The largest absolute Gasteiger partial charge is 0.396 e. The zero-order chi connectivity index (χ0) is 9.68. The number of aliphatic hydroxyl groups is 1. The van der Waals surface area contributed by atoms with Crippen molar-refractivity contribution >= 4 is 6.08 Å². The molecule has 0 saturated heterocycles. The summed E-state index contributed by atoms with van der Waals surface area (Å²) in [6, 6.07) is 2.38. The molecule has 0 saturated carbocycles. The lowest BCUT2D eigenvalue weighted by molar-refractivity contribution is 0.303. The van der Waals surface area contributed by atoms with Crippen molar-refractivity contribution < 1.29 is 13.9 Å². The zero-order valence-corrected chi connectivity index (χ0v) is 6.87. The molecule has 13 heavy (non-hydrogen) atoms. The number of pyridine rings is 1. The highest BCUT2D eigenvalue weighted by Gasteiger charge is 2.00. The Morgan fingerprint density at radius 1 is 1.38 bits per heavy atom. The minimum absolute atomic E-state index is 0.00669. The molecule has 0 bridgehead atoms. The fourth-order valence-electron chi connectivity index (χ4n) is 0.832. The van der Waals surface area contributed by atoms with Crippen LogP contribution in [0.15, 0.2) is 18.2 Å². The van der Waals surface area contributed by atoms with E-state index in [-0.39, 0.29) is 12.2 Å². The summed E-state index contributed by atoms with van der Waals surface area (Å²) in [6.45, 7) is 0.00669. The Morgan fingerprint density at radius 2 is 2.15 bits per heavy atom. The molecule has 70 valence electrons. The third-order valence-corrected chi connectivity index (χ3v) is 1.44. The SMILES string of the molecule is OCCC=Cc1ccc(F)nc1F. The molecule has 1 rings (SSSR count). The van der Waals surface area contributed by atoms with Crippen molar-refractivity contribution in [2.24, 2.45) is 0 Å². The van der Waals surface area contributed by atoms with Gasteiger partial charge in [0.2, 0.25) is 11.9 Å². The minimum Gasteiger partial charge on any atom is -0.396 e. The molecule has 1 aromatic heterocycles. The van der Waals surface area contributed by atoms with Gasteiger partial charge in [-0.2, -0.15) is 13.8 Å². The van der Waals surface area contributed by atoms with E-state index < -0.39 is 11.9 Å². The van der Waals surface area contributed by atoms with Gasteiger partial charge in [0.1, 0.15) is 0 Å². The van der Waals surface area contributed by atoms with Gasteiger partial charge in [-0.05, 0) is 18.6 Å². The lowest BCUT2D eigenvalue weighted by Crippen LogP contribution is -1.90. The number of aromatic nitrogens is 1. The van der Waals surface area contributed by atoms with Crippen molar-refractivity contribution in [2.45, 2.75) is 6.42 Å². The van der Waals surface area contributed by atoms with Gasteiger partial charge in [-0.1, -0.05) is 12.2 Å². The number of nitrogens with zero attached hydrogens (tertiary/aromatic N) is 1. The Morgan fingerprint density at radius 3 is 2.77 bits per heavy atom. The molecule has 4 heteroatoms. The maximum absolute atomic E-state index is 12.8. The van der Waals surface area contributed by atoms with E-state index in [9.17, 15) is 8.78 Å². The molecule has 0 radical (unpaired) electrons. The van der Waals surface area contributed by atoms with Crippen molar-refractivity contribution in [3.8, 4) is 0 Å². The average molecular weight is 185 g/mol. The van der Waals surface area contributed by atoms with E-state index in [4.69, 9.17) is 5.11 Å². The van der Waals surface area contributed by atoms with Crippen LogP contribution in [-0.4, -0.2) is 16.7 Å². The lowest BCUT2D eigenvalue weighted by atomic mass is 10.2. The topological polar surface area (TPSA) is 33.1 Å². The summed E-state index contributed by atoms with van der Waals surface area (Å²) in [4.78, 5) is 3.01. The Balaban J connectivity index is 2.77. The number of aliphatic hydroxyl groups excluding tert-OH is 1. The fraction of sp³-hybridized carbons (Fsp3) is 0.222. The molecule has 1 N–H and O–H groups in total. The summed E-state index contributed by atoms with van der Waals surface area (Å²) >= 11 is 0. The molecule has 0 spiro atoms. The van der Waals surface area contributed by atoms with Crippen LogP contribution in [0, 0.1) is 11.9 Å². The summed E-state index contributed by atoms with van der Waals surface area (Å²) in [5.74, 6) is -1.68. The molecule has 0 atom stereocenters. The number of halogens is 2. The van der Waals surface area contributed by atoms with Gasteiger partial charge in [-0.25, -0.2) is 0 Å². The smallest absolute Gasteiger partial charge is 0.222 e. The highest BCUT2D eigenvalue weighted by Crippen LogP contribution is 2.07. The van der Waals surface area contributed by atoms with Gasteiger partial charge in [0.25, 0.3) is 0 Å². The second kappa shape index (κ2) is 4.67. The highest BCUT2D eigenvalue weighted by molar-refractivity contribution is 5.48. The third kappa shape index (κ3) is 2.91. The normalized spacial score (nSPS) is 11.0. The van der Waals surface area contributed by atoms with E-state index in [1.165, 1.54) is 12.1 Å². The zero-order valence-electron chi connectivity index (χ0n) is 6.87. The molecule has 0 aromatic carbocycles. The summed E-state index contributed by atoms with van der Waals surface area (Å²) in [7, 11) is 0.